The van der Waals surface area contributed by atoms with Crippen LogP contribution in [0, 0.1) is 0 Å². The molecule has 0 unspecified atom stereocenters. The molecule has 9 heteroatoms. The first-order valence-electron chi connectivity index (χ1n) is 9.29. The molecule has 0 radical (unpaired) electrons. The van der Waals surface area contributed by atoms with Gasteiger partial charge in [-0.1, -0.05) is 42.5 Å². The summed E-state index contributed by atoms with van der Waals surface area (Å²) in [5, 5.41) is 11.7. The summed E-state index contributed by atoms with van der Waals surface area (Å²) in [7, 11) is -3.59. The summed E-state index contributed by atoms with van der Waals surface area (Å²) in [6.07, 6.45) is -0.800. The van der Waals surface area contributed by atoms with Gasteiger partial charge in [-0.25, -0.2) is 18.0 Å². The number of hydrogen-bond donors (Lipinski definition) is 3. The minimum Gasteiger partial charge on any atom is -0.480 e. The van der Waals surface area contributed by atoms with Crippen LogP contribution in [0.25, 0.3) is 0 Å². The molecule has 2 aromatic carbocycles. The van der Waals surface area contributed by atoms with Crippen molar-refractivity contribution in [3.8, 4) is 0 Å². The molecule has 0 saturated carbocycles. The van der Waals surface area contributed by atoms with Crippen molar-refractivity contribution in [1.29, 1.82) is 0 Å². The molecule has 30 heavy (non-hydrogen) atoms. The molecule has 0 aliphatic rings. The number of amides is 1. The van der Waals surface area contributed by atoms with Crippen LogP contribution in [0.3, 0.4) is 0 Å². The van der Waals surface area contributed by atoms with Crippen LogP contribution in [0.4, 0.5) is 10.5 Å². The number of benzene rings is 2. The minimum absolute atomic E-state index is 0.0195. The van der Waals surface area contributed by atoms with E-state index in [2.05, 4.69) is 10.0 Å². The Hall–Kier alpha value is -3.07. The fourth-order valence-corrected chi connectivity index (χ4v) is 3.80. The third-order valence-corrected chi connectivity index (χ3v) is 5.12. The number of anilines is 1. The number of carboxylic acids is 1. The standard InChI is InChI=1S/C21H26N2O6S/c1-21(2,3)29-20(26)22-18(19(24)25)13-15-9-11-17(12-10-15)23-30(27,28)14-16-7-5-4-6-8-16/h4-12,18,23H,13-14H2,1-3H3,(H,22,26)(H,24,25)/t18-/m0/s1. The van der Waals surface area contributed by atoms with E-state index >= 15 is 0 Å². The topological polar surface area (TPSA) is 122 Å². The third-order valence-electron chi connectivity index (χ3n) is 3.86. The molecule has 0 aliphatic heterocycles. The lowest BCUT2D eigenvalue weighted by atomic mass is 10.1. The van der Waals surface area contributed by atoms with E-state index in [9.17, 15) is 23.1 Å². The van der Waals surface area contributed by atoms with E-state index in [1.807, 2.05) is 6.07 Å². The van der Waals surface area contributed by atoms with Crippen molar-refractivity contribution in [1.82, 2.24) is 5.32 Å². The number of rotatable bonds is 8. The first-order chi connectivity index (χ1) is 13.9. The summed E-state index contributed by atoms with van der Waals surface area (Å²) in [4.78, 5) is 23.3. The van der Waals surface area contributed by atoms with Gasteiger partial charge in [0, 0.05) is 12.1 Å². The zero-order valence-corrected chi connectivity index (χ0v) is 17.9. The van der Waals surface area contributed by atoms with Gasteiger partial charge in [-0.05, 0) is 44.0 Å². The van der Waals surface area contributed by atoms with Crippen molar-refractivity contribution in [3.05, 3.63) is 65.7 Å². The van der Waals surface area contributed by atoms with E-state index in [4.69, 9.17) is 4.74 Å². The van der Waals surface area contributed by atoms with E-state index in [0.29, 0.717) is 16.8 Å². The van der Waals surface area contributed by atoms with E-state index in [1.165, 1.54) is 0 Å². The van der Waals surface area contributed by atoms with Gasteiger partial charge in [0.25, 0.3) is 0 Å². The molecule has 0 bridgehead atoms. The third kappa shape index (κ3) is 8.12. The van der Waals surface area contributed by atoms with Crippen LogP contribution in [0.15, 0.2) is 54.6 Å². The first-order valence-corrected chi connectivity index (χ1v) is 10.9. The van der Waals surface area contributed by atoms with Crippen LogP contribution in [0.2, 0.25) is 0 Å². The van der Waals surface area contributed by atoms with E-state index in [-0.39, 0.29) is 12.2 Å². The Balaban J connectivity index is 1.99. The predicted molar refractivity (Wildman–Crippen MR) is 114 cm³/mol. The highest BCUT2D eigenvalue weighted by Crippen LogP contribution is 2.15. The van der Waals surface area contributed by atoms with Gasteiger partial charge >= 0.3 is 12.1 Å². The zero-order chi connectivity index (χ0) is 22.4. The number of ether oxygens (including phenoxy) is 1. The Bertz CT molecular complexity index is 967. The molecular weight excluding hydrogens is 408 g/mol. The molecule has 3 N–H and O–H groups in total. The summed E-state index contributed by atoms with van der Waals surface area (Å²) in [5.41, 5.74) is 0.899. The molecule has 0 fully saturated rings. The molecule has 8 nitrogen and oxygen atoms in total. The van der Waals surface area contributed by atoms with Crippen molar-refractivity contribution in [3.63, 3.8) is 0 Å². The Morgan fingerprint density at radius 2 is 1.60 bits per heavy atom. The van der Waals surface area contributed by atoms with Crippen LogP contribution in [-0.2, 0) is 31.7 Å². The number of carbonyl (C=O) groups excluding carboxylic acids is 1. The molecule has 0 spiro atoms. The first kappa shape index (κ1) is 23.2. The van der Waals surface area contributed by atoms with Gasteiger partial charge in [-0.3, -0.25) is 4.72 Å². The second-order valence-corrected chi connectivity index (χ2v) is 9.51. The average molecular weight is 435 g/mol. The fourth-order valence-electron chi connectivity index (χ4n) is 2.60. The highest BCUT2D eigenvalue weighted by Gasteiger charge is 2.24. The number of carboxylic acid groups (broad SMARTS) is 1. The SMILES string of the molecule is CC(C)(C)OC(=O)N[C@@H](Cc1ccc(NS(=O)(=O)Cc2ccccc2)cc1)C(=O)O. The van der Waals surface area contributed by atoms with Crippen LogP contribution in [-0.4, -0.2) is 37.2 Å². The number of sulfonamides is 1. The van der Waals surface area contributed by atoms with Gasteiger partial charge < -0.3 is 15.2 Å². The Morgan fingerprint density at radius 1 is 1.00 bits per heavy atom. The average Bonchev–Trinajstić information content (AvgIpc) is 2.61. The number of alkyl carbamates (subject to hydrolysis) is 1. The zero-order valence-electron chi connectivity index (χ0n) is 17.1. The molecule has 0 aliphatic carbocycles. The van der Waals surface area contributed by atoms with Gasteiger partial charge in [-0.15, -0.1) is 0 Å². The fraction of sp³-hybridized carbons (Fsp3) is 0.333. The molecular formula is C21H26N2O6S. The van der Waals surface area contributed by atoms with Gasteiger partial charge in [0.1, 0.15) is 11.6 Å². The lowest BCUT2D eigenvalue weighted by Gasteiger charge is -2.22. The van der Waals surface area contributed by atoms with Crippen LogP contribution < -0.4 is 10.0 Å². The molecule has 0 heterocycles. The lowest BCUT2D eigenvalue weighted by molar-refractivity contribution is -0.139. The maximum absolute atomic E-state index is 12.3. The molecule has 2 aromatic rings. The Labute approximate surface area is 176 Å². The number of hydrogen-bond acceptors (Lipinski definition) is 5. The van der Waals surface area contributed by atoms with Gasteiger partial charge in [-0.2, -0.15) is 0 Å². The summed E-state index contributed by atoms with van der Waals surface area (Å²) in [6.45, 7) is 5.04. The molecule has 1 amide bonds. The molecule has 1 atom stereocenters. The highest BCUT2D eigenvalue weighted by molar-refractivity contribution is 7.91. The minimum atomic E-state index is -3.59. The summed E-state index contributed by atoms with van der Waals surface area (Å²) in [6, 6.07) is 13.9. The maximum atomic E-state index is 12.3. The quantitative estimate of drug-likeness (QED) is 0.587. The lowest BCUT2D eigenvalue weighted by Crippen LogP contribution is -2.44. The van der Waals surface area contributed by atoms with Crippen molar-refractivity contribution >= 4 is 27.8 Å². The molecule has 162 valence electrons. The van der Waals surface area contributed by atoms with Crippen molar-refractivity contribution in [2.75, 3.05) is 4.72 Å². The van der Waals surface area contributed by atoms with E-state index in [0.717, 1.165) is 0 Å². The summed E-state index contributed by atoms with van der Waals surface area (Å²) in [5.74, 6) is -1.36. The number of nitrogens with one attached hydrogen (secondary N) is 2. The smallest absolute Gasteiger partial charge is 0.408 e. The monoisotopic (exact) mass is 434 g/mol. The highest BCUT2D eigenvalue weighted by atomic mass is 32.2. The Kier molecular flexibility index (Phi) is 7.44. The molecule has 2 rings (SSSR count). The van der Waals surface area contributed by atoms with Crippen LogP contribution in [0.5, 0.6) is 0 Å². The second-order valence-electron chi connectivity index (χ2n) is 7.78. The van der Waals surface area contributed by atoms with Crippen molar-refractivity contribution in [2.24, 2.45) is 0 Å². The molecule has 0 saturated heterocycles. The molecule has 0 aromatic heterocycles. The summed E-state index contributed by atoms with van der Waals surface area (Å²) < 4.78 is 32.2. The van der Waals surface area contributed by atoms with E-state index in [1.54, 1.807) is 69.3 Å². The number of carbonyl (C=O) groups is 2. The predicted octanol–water partition coefficient (Wildman–Crippen LogP) is 3.15. The van der Waals surface area contributed by atoms with Gasteiger partial charge in [0.2, 0.25) is 10.0 Å². The Morgan fingerprint density at radius 3 is 2.13 bits per heavy atom. The van der Waals surface area contributed by atoms with Crippen LogP contribution in [0.1, 0.15) is 31.9 Å². The normalized spacial score (nSPS) is 12.6. The van der Waals surface area contributed by atoms with Gasteiger partial charge in [0.15, 0.2) is 0 Å². The van der Waals surface area contributed by atoms with Crippen molar-refractivity contribution < 1.29 is 27.9 Å². The van der Waals surface area contributed by atoms with Gasteiger partial charge in [0.05, 0.1) is 5.75 Å². The van der Waals surface area contributed by atoms with Crippen molar-refractivity contribution in [2.45, 2.75) is 44.6 Å². The maximum Gasteiger partial charge on any atom is 0.408 e. The number of aliphatic carboxylic acids is 1. The second kappa shape index (κ2) is 9.62. The van der Waals surface area contributed by atoms with Crippen LogP contribution >= 0.6 is 0 Å². The summed E-state index contributed by atoms with van der Waals surface area (Å²) >= 11 is 0. The largest absolute Gasteiger partial charge is 0.480 e. The van der Waals surface area contributed by atoms with E-state index < -0.39 is 33.7 Å².